The van der Waals surface area contributed by atoms with Gasteiger partial charge >= 0.3 is 0 Å². The van der Waals surface area contributed by atoms with Crippen molar-refractivity contribution < 1.29 is 0 Å². The molecule has 0 radical (unpaired) electrons. The highest BCUT2D eigenvalue weighted by Crippen LogP contribution is 2.08. The minimum Gasteiger partial charge on any atom is -0.326 e. The van der Waals surface area contributed by atoms with Gasteiger partial charge in [-0.3, -0.25) is 9.36 Å². The van der Waals surface area contributed by atoms with E-state index in [9.17, 15) is 4.79 Å². The second-order valence-electron chi connectivity index (χ2n) is 3.93. The van der Waals surface area contributed by atoms with Gasteiger partial charge in [0.25, 0.3) is 5.56 Å². The molecule has 0 atom stereocenters. The maximum Gasteiger partial charge on any atom is 0.259 e. The number of hydrogen-bond acceptors (Lipinski definition) is 2. The molecular weight excluding hydrogens is 212 g/mol. The summed E-state index contributed by atoms with van der Waals surface area (Å²) in [5, 5.41) is 0. The van der Waals surface area contributed by atoms with E-state index in [-0.39, 0.29) is 12.1 Å². The third-order valence-electron chi connectivity index (χ3n) is 2.87. The Balaban J connectivity index is 2.49. The smallest absolute Gasteiger partial charge is 0.259 e. The topological polar surface area (TPSA) is 48.0 Å². The Hall–Kier alpha value is -1.87. The van der Waals surface area contributed by atoms with Crippen LogP contribution in [-0.4, -0.2) is 4.57 Å². The first-order chi connectivity index (χ1) is 8.26. The fourth-order valence-corrected chi connectivity index (χ4v) is 1.79. The number of nitrogens with two attached hydrogens (primary N) is 1. The van der Waals surface area contributed by atoms with Gasteiger partial charge in [0.05, 0.1) is 0 Å². The largest absolute Gasteiger partial charge is 0.326 e. The Kier molecular flexibility index (Phi) is 3.40. The van der Waals surface area contributed by atoms with Crippen molar-refractivity contribution >= 4 is 0 Å². The number of aryl methyl sites for hydroxylation is 1. The van der Waals surface area contributed by atoms with Crippen LogP contribution in [0.1, 0.15) is 18.1 Å². The van der Waals surface area contributed by atoms with Crippen LogP contribution >= 0.6 is 0 Å². The molecule has 0 unspecified atom stereocenters. The van der Waals surface area contributed by atoms with Crippen molar-refractivity contribution in [3.63, 3.8) is 0 Å². The van der Waals surface area contributed by atoms with Crippen LogP contribution in [0.5, 0.6) is 0 Å². The number of pyridine rings is 1. The molecule has 88 valence electrons. The normalized spacial score (nSPS) is 10.5. The molecule has 0 saturated carbocycles. The van der Waals surface area contributed by atoms with Gasteiger partial charge in [-0.2, -0.15) is 0 Å². The molecule has 0 aliphatic heterocycles. The number of nitrogens with zero attached hydrogens (tertiary/aromatic N) is 1. The molecule has 0 bridgehead atoms. The molecule has 3 heteroatoms. The quantitative estimate of drug-likeness (QED) is 0.871. The highest BCUT2D eigenvalue weighted by molar-refractivity contribution is 5.35. The molecule has 0 saturated heterocycles. The third kappa shape index (κ3) is 2.29. The first kappa shape index (κ1) is 11.6. The Labute approximate surface area is 101 Å². The highest BCUT2D eigenvalue weighted by Gasteiger charge is 2.03. The summed E-state index contributed by atoms with van der Waals surface area (Å²) in [5.41, 5.74) is 8.26. The lowest BCUT2D eigenvalue weighted by Gasteiger charge is -2.07. The maximum absolute atomic E-state index is 12.0. The Morgan fingerprint density at radius 3 is 2.47 bits per heavy atom. The molecule has 0 aliphatic carbocycles. The van der Waals surface area contributed by atoms with E-state index < -0.39 is 0 Å². The molecule has 2 aromatic rings. The van der Waals surface area contributed by atoms with Gasteiger partial charge < -0.3 is 5.73 Å². The van der Waals surface area contributed by atoms with Gasteiger partial charge in [-0.15, -0.1) is 0 Å². The van der Waals surface area contributed by atoms with E-state index in [1.807, 2.05) is 30.3 Å². The molecule has 1 aromatic heterocycles. The summed E-state index contributed by atoms with van der Waals surface area (Å²) in [5.74, 6) is 0. The van der Waals surface area contributed by atoms with Gasteiger partial charge in [0.15, 0.2) is 0 Å². The van der Waals surface area contributed by atoms with Crippen molar-refractivity contribution in [2.45, 2.75) is 19.9 Å². The van der Waals surface area contributed by atoms with Gasteiger partial charge in [0, 0.05) is 24.0 Å². The van der Waals surface area contributed by atoms with Crippen molar-refractivity contribution in [1.29, 1.82) is 0 Å². The lowest BCUT2D eigenvalue weighted by Crippen LogP contribution is -2.23. The van der Waals surface area contributed by atoms with Crippen LogP contribution < -0.4 is 11.3 Å². The summed E-state index contributed by atoms with van der Waals surface area (Å²) < 4.78 is 1.63. The molecule has 2 rings (SSSR count). The summed E-state index contributed by atoms with van der Waals surface area (Å²) in [6, 6.07) is 11.6. The molecule has 1 heterocycles. The van der Waals surface area contributed by atoms with Gasteiger partial charge in [-0.1, -0.05) is 25.1 Å². The molecule has 17 heavy (non-hydrogen) atoms. The summed E-state index contributed by atoms with van der Waals surface area (Å²) in [7, 11) is 0. The van der Waals surface area contributed by atoms with E-state index in [0.717, 1.165) is 12.1 Å². The average Bonchev–Trinajstić information content (AvgIpc) is 2.39. The van der Waals surface area contributed by atoms with Gasteiger partial charge in [0.2, 0.25) is 0 Å². The van der Waals surface area contributed by atoms with Crippen molar-refractivity contribution in [3.05, 3.63) is 64.1 Å². The van der Waals surface area contributed by atoms with E-state index in [0.29, 0.717) is 5.56 Å². The molecule has 0 aliphatic rings. The highest BCUT2D eigenvalue weighted by atomic mass is 16.1. The van der Waals surface area contributed by atoms with Gasteiger partial charge in [-0.05, 0) is 30.2 Å². The second kappa shape index (κ2) is 4.97. The predicted octanol–water partition coefficient (Wildman–Crippen LogP) is 1.86. The Morgan fingerprint density at radius 1 is 1.18 bits per heavy atom. The fourth-order valence-electron chi connectivity index (χ4n) is 1.79. The summed E-state index contributed by atoms with van der Waals surface area (Å²) in [6.07, 6.45) is 2.76. The van der Waals surface area contributed by atoms with Crippen molar-refractivity contribution in [2.24, 2.45) is 5.73 Å². The van der Waals surface area contributed by atoms with Crippen LogP contribution in [0.4, 0.5) is 0 Å². The molecule has 2 N–H and O–H groups in total. The second-order valence-corrected chi connectivity index (χ2v) is 3.93. The zero-order chi connectivity index (χ0) is 12.3. The SMILES string of the molecule is CCc1ccc(-n2cccc(CN)c2=O)cc1. The monoisotopic (exact) mass is 228 g/mol. The van der Waals surface area contributed by atoms with E-state index in [2.05, 4.69) is 6.92 Å². The maximum atomic E-state index is 12.0. The Morgan fingerprint density at radius 2 is 1.88 bits per heavy atom. The zero-order valence-electron chi connectivity index (χ0n) is 9.89. The fraction of sp³-hybridized carbons (Fsp3) is 0.214. The van der Waals surface area contributed by atoms with E-state index >= 15 is 0 Å². The number of hydrogen-bond donors (Lipinski definition) is 1. The molecule has 1 aromatic carbocycles. The van der Waals surface area contributed by atoms with E-state index in [1.54, 1.807) is 16.8 Å². The standard InChI is InChI=1S/C14H16N2O/c1-2-11-5-7-13(8-6-11)16-9-3-4-12(10-15)14(16)17/h3-9H,2,10,15H2,1H3. The lowest BCUT2D eigenvalue weighted by molar-refractivity contribution is 0.923. The molecule has 0 fully saturated rings. The first-order valence-corrected chi connectivity index (χ1v) is 5.76. The summed E-state index contributed by atoms with van der Waals surface area (Å²) in [6.45, 7) is 2.38. The van der Waals surface area contributed by atoms with Crippen LogP contribution in [0, 0.1) is 0 Å². The Bertz CT molecular complexity index is 555. The van der Waals surface area contributed by atoms with Gasteiger partial charge in [0.1, 0.15) is 0 Å². The van der Waals surface area contributed by atoms with Crippen LogP contribution in [0.25, 0.3) is 5.69 Å². The minimum absolute atomic E-state index is 0.0424. The molecule has 3 nitrogen and oxygen atoms in total. The third-order valence-corrected chi connectivity index (χ3v) is 2.87. The summed E-state index contributed by atoms with van der Waals surface area (Å²) in [4.78, 5) is 12.0. The van der Waals surface area contributed by atoms with Crippen LogP contribution in [0.2, 0.25) is 0 Å². The first-order valence-electron chi connectivity index (χ1n) is 5.76. The molecular formula is C14H16N2O. The molecule has 0 amide bonds. The predicted molar refractivity (Wildman–Crippen MR) is 69.3 cm³/mol. The van der Waals surface area contributed by atoms with Crippen molar-refractivity contribution in [2.75, 3.05) is 0 Å². The summed E-state index contributed by atoms with van der Waals surface area (Å²) >= 11 is 0. The number of benzene rings is 1. The zero-order valence-corrected chi connectivity index (χ0v) is 9.89. The van der Waals surface area contributed by atoms with Gasteiger partial charge in [-0.25, -0.2) is 0 Å². The van der Waals surface area contributed by atoms with Crippen molar-refractivity contribution in [1.82, 2.24) is 4.57 Å². The van der Waals surface area contributed by atoms with Crippen LogP contribution in [0.15, 0.2) is 47.4 Å². The number of aromatic nitrogens is 1. The average molecular weight is 228 g/mol. The molecule has 0 spiro atoms. The number of rotatable bonds is 3. The minimum atomic E-state index is -0.0424. The van der Waals surface area contributed by atoms with Crippen LogP contribution in [0.3, 0.4) is 0 Å². The van der Waals surface area contributed by atoms with E-state index in [1.165, 1.54) is 5.56 Å². The lowest BCUT2D eigenvalue weighted by atomic mass is 10.1. The van der Waals surface area contributed by atoms with Crippen molar-refractivity contribution in [3.8, 4) is 5.69 Å². The van der Waals surface area contributed by atoms with Crippen LogP contribution in [-0.2, 0) is 13.0 Å². The van der Waals surface area contributed by atoms with E-state index in [4.69, 9.17) is 5.73 Å².